The minimum Gasteiger partial charge on any atom is -0.323 e. The summed E-state index contributed by atoms with van der Waals surface area (Å²) in [5, 5.41) is 3.31. The Bertz CT molecular complexity index is 284. The Balaban J connectivity index is 2.51. The number of thiazole rings is 1. The summed E-state index contributed by atoms with van der Waals surface area (Å²) in [5.41, 5.74) is 7.15. The zero-order valence-corrected chi connectivity index (χ0v) is 11.3. The van der Waals surface area contributed by atoms with E-state index >= 15 is 0 Å². The van der Waals surface area contributed by atoms with Crippen molar-refractivity contribution < 1.29 is 0 Å². The maximum absolute atomic E-state index is 6.08. The molecule has 2 N–H and O–H groups in total. The molecule has 0 radical (unpaired) electrons. The minimum absolute atomic E-state index is 0.113. The molecule has 4 heteroatoms. The lowest BCUT2D eigenvalue weighted by Gasteiger charge is -2.10. The molecule has 0 fully saturated rings. The van der Waals surface area contributed by atoms with Crippen LogP contribution in [0, 0.1) is 5.92 Å². The van der Waals surface area contributed by atoms with Crippen LogP contribution in [-0.2, 0) is 5.75 Å². The fourth-order valence-corrected chi connectivity index (χ4v) is 2.99. The number of rotatable bonds is 6. The largest absolute Gasteiger partial charge is 0.323 e. The van der Waals surface area contributed by atoms with Gasteiger partial charge < -0.3 is 5.73 Å². The smallest absolute Gasteiger partial charge is 0.103 e. The first-order chi connectivity index (χ1) is 7.13. The molecule has 0 spiro atoms. The van der Waals surface area contributed by atoms with Gasteiger partial charge in [-0.2, -0.15) is 11.8 Å². The summed E-state index contributed by atoms with van der Waals surface area (Å²) in [5.74, 6) is 2.80. The van der Waals surface area contributed by atoms with Gasteiger partial charge in [0.25, 0.3) is 0 Å². The first kappa shape index (κ1) is 13.0. The molecule has 0 saturated heterocycles. The number of hydrogen-bond donors (Lipinski definition) is 1. The molecule has 0 aliphatic heterocycles. The maximum Gasteiger partial charge on any atom is 0.103 e. The van der Waals surface area contributed by atoms with Crippen LogP contribution in [0.1, 0.15) is 43.9 Å². The Hall–Kier alpha value is -0.0600. The van der Waals surface area contributed by atoms with Crippen LogP contribution < -0.4 is 5.73 Å². The van der Waals surface area contributed by atoms with Crippen LogP contribution in [0.15, 0.2) is 5.38 Å². The van der Waals surface area contributed by atoms with Gasteiger partial charge in [-0.1, -0.05) is 20.8 Å². The van der Waals surface area contributed by atoms with Gasteiger partial charge in [-0.3, -0.25) is 0 Å². The molecule has 1 unspecified atom stereocenters. The third-order valence-corrected chi connectivity index (χ3v) is 4.04. The lowest BCUT2D eigenvalue weighted by Crippen LogP contribution is -2.13. The second kappa shape index (κ2) is 6.51. The number of nitrogens with zero attached hydrogens (tertiary/aromatic N) is 1. The fourth-order valence-electron chi connectivity index (χ4n) is 1.38. The summed E-state index contributed by atoms with van der Waals surface area (Å²) in [6, 6.07) is 0.113. The van der Waals surface area contributed by atoms with Crippen LogP contribution in [0.2, 0.25) is 0 Å². The van der Waals surface area contributed by atoms with Crippen molar-refractivity contribution in [2.45, 2.75) is 39.0 Å². The number of thioether (sulfide) groups is 1. The summed E-state index contributed by atoms with van der Waals surface area (Å²) in [6.07, 6.45) is 1.02. The van der Waals surface area contributed by atoms with Gasteiger partial charge in [-0.15, -0.1) is 11.3 Å². The monoisotopic (exact) mass is 244 g/mol. The molecule has 15 heavy (non-hydrogen) atoms. The van der Waals surface area contributed by atoms with Crippen LogP contribution in [0.5, 0.6) is 0 Å². The lowest BCUT2D eigenvalue weighted by atomic mass is 10.0. The Labute approximate surface area is 101 Å². The van der Waals surface area contributed by atoms with Crippen LogP contribution in [0.4, 0.5) is 0 Å². The third kappa shape index (κ3) is 4.53. The quantitative estimate of drug-likeness (QED) is 0.833. The summed E-state index contributed by atoms with van der Waals surface area (Å²) >= 11 is 3.64. The second-order valence-electron chi connectivity index (χ2n) is 4.04. The topological polar surface area (TPSA) is 38.9 Å². The number of hydrogen-bond acceptors (Lipinski definition) is 4. The van der Waals surface area contributed by atoms with Crippen molar-refractivity contribution in [2.75, 3.05) is 5.75 Å². The molecule has 1 aromatic heterocycles. The van der Waals surface area contributed by atoms with Gasteiger partial charge in [0.1, 0.15) is 5.01 Å². The van der Waals surface area contributed by atoms with Gasteiger partial charge in [-0.05, 0) is 18.1 Å². The van der Waals surface area contributed by atoms with Gasteiger partial charge in [0, 0.05) is 17.2 Å². The van der Waals surface area contributed by atoms with Crippen molar-refractivity contribution in [3.8, 4) is 0 Å². The Morgan fingerprint density at radius 2 is 2.27 bits per heavy atom. The molecule has 0 aliphatic carbocycles. The van der Waals surface area contributed by atoms with Crippen molar-refractivity contribution >= 4 is 23.1 Å². The van der Waals surface area contributed by atoms with E-state index in [2.05, 4.69) is 31.1 Å². The average molecular weight is 244 g/mol. The molecule has 0 amide bonds. The third-order valence-electron chi connectivity index (χ3n) is 2.10. The summed E-state index contributed by atoms with van der Waals surface area (Å²) < 4.78 is 0. The summed E-state index contributed by atoms with van der Waals surface area (Å²) in [4.78, 5) is 4.57. The molecule has 0 bridgehead atoms. The molecule has 1 heterocycles. The standard InChI is InChI=1S/C11H20N2S2/c1-4-14-7-11-13-10(6-15-11)9(12)5-8(2)3/h6,8-9H,4-5,7,12H2,1-3H3. The second-order valence-corrected chi connectivity index (χ2v) is 6.26. The molecular weight excluding hydrogens is 224 g/mol. The zero-order valence-electron chi connectivity index (χ0n) is 9.69. The van der Waals surface area contributed by atoms with E-state index in [4.69, 9.17) is 5.73 Å². The molecule has 0 saturated carbocycles. The molecule has 86 valence electrons. The highest BCUT2D eigenvalue weighted by Crippen LogP contribution is 2.23. The molecule has 0 aromatic carbocycles. The van der Waals surface area contributed by atoms with E-state index in [0.29, 0.717) is 5.92 Å². The molecule has 1 atom stereocenters. The summed E-state index contributed by atoms with van der Waals surface area (Å²) in [6.45, 7) is 6.56. The van der Waals surface area contributed by atoms with Crippen LogP contribution >= 0.6 is 23.1 Å². The van der Waals surface area contributed by atoms with Crippen LogP contribution in [0.25, 0.3) is 0 Å². The molecule has 1 aromatic rings. The van der Waals surface area contributed by atoms with E-state index in [1.807, 2.05) is 11.8 Å². The molecular formula is C11H20N2S2. The number of nitrogens with two attached hydrogens (primary N) is 1. The van der Waals surface area contributed by atoms with E-state index in [9.17, 15) is 0 Å². The maximum atomic E-state index is 6.08. The molecule has 2 nitrogen and oxygen atoms in total. The normalized spacial score (nSPS) is 13.4. The van der Waals surface area contributed by atoms with Gasteiger partial charge in [0.2, 0.25) is 0 Å². The van der Waals surface area contributed by atoms with Gasteiger partial charge in [0.05, 0.1) is 5.69 Å². The van der Waals surface area contributed by atoms with E-state index in [0.717, 1.165) is 23.6 Å². The molecule has 0 aliphatic rings. The summed E-state index contributed by atoms with van der Waals surface area (Å²) in [7, 11) is 0. The van der Waals surface area contributed by atoms with Crippen molar-refractivity contribution in [1.29, 1.82) is 0 Å². The predicted molar refractivity (Wildman–Crippen MR) is 70.3 cm³/mol. The van der Waals surface area contributed by atoms with Crippen LogP contribution in [0.3, 0.4) is 0 Å². The van der Waals surface area contributed by atoms with E-state index in [1.54, 1.807) is 11.3 Å². The molecule has 1 rings (SSSR count). The average Bonchev–Trinajstić information content (AvgIpc) is 2.62. The predicted octanol–water partition coefficient (Wildman–Crippen LogP) is 3.44. The van der Waals surface area contributed by atoms with Gasteiger partial charge in [0.15, 0.2) is 0 Å². The Morgan fingerprint density at radius 1 is 1.53 bits per heavy atom. The van der Waals surface area contributed by atoms with E-state index in [1.165, 1.54) is 5.01 Å². The van der Waals surface area contributed by atoms with E-state index < -0.39 is 0 Å². The highest BCUT2D eigenvalue weighted by molar-refractivity contribution is 7.98. The zero-order chi connectivity index (χ0) is 11.3. The first-order valence-electron chi connectivity index (χ1n) is 5.41. The van der Waals surface area contributed by atoms with Gasteiger partial charge >= 0.3 is 0 Å². The van der Waals surface area contributed by atoms with Crippen LogP contribution in [-0.4, -0.2) is 10.7 Å². The van der Waals surface area contributed by atoms with Crippen molar-refractivity contribution in [2.24, 2.45) is 11.7 Å². The van der Waals surface area contributed by atoms with Crippen molar-refractivity contribution in [3.05, 3.63) is 16.1 Å². The fraction of sp³-hybridized carbons (Fsp3) is 0.727. The highest BCUT2D eigenvalue weighted by Gasteiger charge is 2.11. The van der Waals surface area contributed by atoms with Crippen molar-refractivity contribution in [3.63, 3.8) is 0 Å². The minimum atomic E-state index is 0.113. The van der Waals surface area contributed by atoms with Gasteiger partial charge in [-0.25, -0.2) is 4.98 Å². The van der Waals surface area contributed by atoms with Crippen molar-refractivity contribution in [1.82, 2.24) is 4.98 Å². The number of aromatic nitrogens is 1. The highest BCUT2D eigenvalue weighted by atomic mass is 32.2. The Kier molecular flexibility index (Phi) is 5.64. The lowest BCUT2D eigenvalue weighted by molar-refractivity contribution is 0.503. The SMILES string of the molecule is CCSCc1nc(C(N)CC(C)C)cs1. The first-order valence-corrected chi connectivity index (χ1v) is 7.44. The van der Waals surface area contributed by atoms with E-state index in [-0.39, 0.29) is 6.04 Å². The Morgan fingerprint density at radius 3 is 2.87 bits per heavy atom.